The zero-order valence-corrected chi connectivity index (χ0v) is 20.4. The molecule has 0 saturated carbocycles. The van der Waals surface area contributed by atoms with Crippen molar-refractivity contribution < 1.29 is 9.59 Å². The van der Waals surface area contributed by atoms with Crippen LogP contribution in [0.3, 0.4) is 0 Å². The van der Waals surface area contributed by atoms with Crippen molar-refractivity contribution in [2.45, 2.75) is 13.0 Å². The first-order valence-electron chi connectivity index (χ1n) is 11.5. The summed E-state index contributed by atoms with van der Waals surface area (Å²) in [6.45, 7) is 1.73. The van der Waals surface area contributed by atoms with Crippen LogP contribution in [0, 0.1) is 5.92 Å². The van der Waals surface area contributed by atoms with Gasteiger partial charge in [-0.3, -0.25) is 9.59 Å². The summed E-state index contributed by atoms with van der Waals surface area (Å²) in [4.78, 5) is 36.8. The molecule has 2 aromatic heterocycles. The molecule has 1 aliphatic heterocycles. The highest BCUT2D eigenvalue weighted by atomic mass is 35.5. The van der Waals surface area contributed by atoms with Gasteiger partial charge in [-0.1, -0.05) is 17.7 Å². The molecule has 0 radical (unpaired) electrons. The van der Waals surface area contributed by atoms with Crippen molar-refractivity contribution in [1.29, 1.82) is 0 Å². The minimum absolute atomic E-state index is 0.0466. The van der Waals surface area contributed by atoms with Gasteiger partial charge in [0.1, 0.15) is 11.5 Å². The van der Waals surface area contributed by atoms with Gasteiger partial charge in [0.15, 0.2) is 0 Å². The number of carbonyl (C=O) groups excluding carboxylic acids is 2. The fourth-order valence-electron chi connectivity index (χ4n) is 4.48. The van der Waals surface area contributed by atoms with Crippen LogP contribution >= 0.6 is 11.6 Å². The standard InChI is InChI=1S/C26H27ClN6O2/c1-31(2)16-24-28-9-10-32(24)20-5-7-21(8-6-20)33-15-17(11-25(33)34)14-29-26(35)23-12-18-3-4-19(27)13-22(18)30-23/h3-10,12-13,17,30H,11,14-16H2,1-2H3,(H,29,35). The molecule has 1 fully saturated rings. The molecule has 4 aromatic rings. The quantitative estimate of drug-likeness (QED) is 0.412. The summed E-state index contributed by atoms with van der Waals surface area (Å²) in [5, 5.41) is 4.50. The average molecular weight is 491 g/mol. The summed E-state index contributed by atoms with van der Waals surface area (Å²) in [5.41, 5.74) is 3.15. The second kappa shape index (κ2) is 9.56. The SMILES string of the molecule is CN(C)Cc1nccn1-c1ccc(N2CC(CNC(=O)c3cc4ccc(Cl)cc4[nH]3)CC2=O)cc1. The summed E-state index contributed by atoms with van der Waals surface area (Å²) < 4.78 is 2.05. The predicted molar refractivity (Wildman–Crippen MR) is 137 cm³/mol. The smallest absolute Gasteiger partial charge is 0.267 e. The average Bonchev–Trinajstić information content (AvgIpc) is 3.55. The first kappa shape index (κ1) is 23.1. The molecule has 2 amide bonds. The minimum Gasteiger partial charge on any atom is -0.350 e. The van der Waals surface area contributed by atoms with Gasteiger partial charge in [0.05, 0.1) is 6.54 Å². The Balaban J connectivity index is 1.21. The molecule has 0 bridgehead atoms. The number of nitrogens with zero attached hydrogens (tertiary/aromatic N) is 4. The Labute approximate surface area is 208 Å². The summed E-state index contributed by atoms with van der Waals surface area (Å²) >= 11 is 6.03. The van der Waals surface area contributed by atoms with Gasteiger partial charge >= 0.3 is 0 Å². The second-order valence-corrected chi connectivity index (χ2v) is 9.60. The maximum absolute atomic E-state index is 12.7. The van der Waals surface area contributed by atoms with E-state index in [9.17, 15) is 9.59 Å². The topological polar surface area (TPSA) is 86.3 Å². The molecule has 1 saturated heterocycles. The van der Waals surface area contributed by atoms with Gasteiger partial charge in [-0.05, 0) is 56.6 Å². The number of aromatic amines is 1. The van der Waals surface area contributed by atoms with E-state index in [1.54, 1.807) is 29.3 Å². The van der Waals surface area contributed by atoms with E-state index >= 15 is 0 Å². The molecule has 1 atom stereocenters. The molecule has 180 valence electrons. The second-order valence-electron chi connectivity index (χ2n) is 9.17. The Bertz CT molecular complexity index is 1370. The van der Waals surface area contributed by atoms with Crippen LogP contribution in [0.1, 0.15) is 22.7 Å². The predicted octanol–water partition coefficient (Wildman–Crippen LogP) is 3.85. The van der Waals surface area contributed by atoms with Crippen LogP contribution in [0.5, 0.6) is 0 Å². The lowest BCUT2D eigenvalue weighted by atomic mass is 10.1. The van der Waals surface area contributed by atoms with Gasteiger partial charge in [-0.2, -0.15) is 0 Å². The Morgan fingerprint density at radius 3 is 2.71 bits per heavy atom. The van der Waals surface area contributed by atoms with E-state index in [2.05, 4.69) is 20.2 Å². The van der Waals surface area contributed by atoms with Gasteiger partial charge in [0.25, 0.3) is 5.91 Å². The number of H-pyrrole nitrogens is 1. The van der Waals surface area contributed by atoms with Crippen molar-refractivity contribution in [3.8, 4) is 5.69 Å². The van der Waals surface area contributed by atoms with Crippen molar-refractivity contribution in [3.63, 3.8) is 0 Å². The van der Waals surface area contributed by atoms with Crippen molar-refractivity contribution in [3.05, 3.63) is 77.5 Å². The number of rotatable bonds is 7. The lowest BCUT2D eigenvalue weighted by molar-refractivity contribution is -0.117. The van der Waals surface area contributed by atoms with E-state index < -0.39 is 0 Å². The van der Waals surface area contributed by atoms with Crippen LogP contribution in [0.15, 0.2) is 60.9 Å². The Morgan fingerprint density at radius 2 is 1.94 bits per heavy atom. The van der Waals surface area contributed by atoms with Crippen LogP contribution in [0.2, 0.25) is 5.02 Å². The number of fused-ring (bicyclic) bond motifs is 1. The van der Waals surface area contributed by atoms with Gasteiger partial charge in [0, 0.05) is 65.1 Å². The molecule has 2 aromatic carbocycles. The summed E-state index contributed by atoms with van der Waals surface area (Å²) in [5.74, 6) is 0.869. The number of amides is 2. The number of nitrogens with one attached hydrogen (secondary N) is 2. The van der Waals surface area contributed by atoms with Crippen LogP contribution < -0.4 is 10.2 Å². The molecular weight excluding hydrogens is 464 g/mol. The number of benzene rings is 2. The minimum atomic E-state index is -0.193. The molecule has 8 nitrogen and oxygen atoms in total. The highest BCUT2D eigenvalue weighted by Crippen LogP contribution is 2.26. The number of anilines is 1. The van der Waals surface area contributed by atoms with E-state index in [0.29, 0.717) is 30.2 Å². The Kier molecular flexibility index (Phi) is 6.32. The number of carbonyl (C=O) groups is 2. The molecular formula is C26H27ClN6O2. The summed E-state index contributed by atoms with van der Waals surface area (Å²) in [6.07, 6.45) is 4.13. The normalized spacial score (nSPS) is 15.9. The highest BCUT2D eigenvalue weighted by Gasteiger charge is 2.31. The van der Waals surface area contributed by atoms with Crippen LogP contribution in [0.4, 0.5) is 5.69 Å². The van der Waals surface area contributed by atoms with Gasteiger partial charge in [-0.15, -0.1) is 0 Å². The van der Waals surface area contributed by atoms with Crippen LogP contribution in [-0.4, -0.2) is 58.4 Å². The first-order chi connectivity index (χ1) is 16.9. The van der Waals surface area contributed by atoms with E-state index in [1.807, 2.05) is 55.2 Å². The van der Waals surface area contributed by atoms with Crippen LogP contribution in [0.25, 0.3) is 16.6 Å². The zero-order chi connectivity index (χ0) is 24.5. The number of aromatic nitrogens is 3. The maximum atomic E-state index is 12.7. The molecule has 35 heavy (non-hydrogen) atoms. The van der Waals surface area contributed by atoms with Gasteiger partial charge in [0.2, 0.25) is 5.91 Å². The third-order valence-electron chi connectivity index (χ3n) is 6.20. The lowest BCUT2D eigenvalue weighted by Gasteiger charge is -2.18. The Hall–Kier alpha value is -3.62. The fourth-order valence-corrected chi connectivity index (χ4v) is 4.66. The van der Waals surface area contributed by atoms with Gasteiger partial charge < -0.3 is 24.7 Å². The van der Waals surface area contributed by atoms with E-state index in [-0.39, 0.29) is 17.7 Å². The van der Waals surface area contributed by atoms with Crippen molar-refractivity contribution in [1.82, 2.24) is 24.8 Å². The molecule has 1 unspecified atom stereocenters. The largest absolute Gasteiger partial charge is 0.350 e. The third-order valence-corrected chi connectivity index (χ3v) is 6.44. The van der Waals surface area contributed by atoms with Crippen molar-refractivity contribution in [2.75, 3.05) is 32.1 Å². The summed E-state index contributed by atoms with van der Waals surface area (Å²) in [7, 11) is 4.02. The van der Waals surface area contributed by atoms with Crippen molar-refractivity contribution >= 4 is 40.0 Å². The molecule has 0 spiro atoms. The third kappa shape index (κ3) is 4.94. The fraction of sp³-hybridized carbons (Fsp3) is 0.269. The highest BCUT2D eigenvalue weighted by molar-refractivity contribution is 6.31. The zero-order valence-electron chi connectivity index (χ0n) is 19.7. The molecule has 1 aliphatic rings. The number of imidazole rings is 1. The van der Waals surface area contributed by atoms with Gasteiger partial charge in [-0.25, -0.2) is 4.98 Å². The molecule has 9 heteroatoms. The Morgan fingerprint density at radius 1 is 1.17 bits per heavy atom. The monoisotopic (exact) mass is 490 g/mol. The molecule has 2 N–H and O–H groups in total. The molecule has 3 heterocycles. The number of hydrogen-bond donors (Lipinski definition) is 2. The van der Waals surface area contributed by atoms with E-state index in [4.69, 9.17) is 11.6 Å². The van der Waals surface area contributed by atoms with Crippen LogP contribution in [-0.2, 0) is 11.3 Å². The first-order valence-corrected chi connectivity index (χ1v) is 11.9. The van der Waals surface area contributed by atoms with Crippen molar-refractivity contribution in [2.24, 2.45) is 5.92 Å². The molecule has 0 aliphatic carbocycles. The number of hydrogen-bond acceptors (Lipinski definition) is 4. The maximum Gasteiger partial charge on any atom is 0.267 e. The molecule has 5 rings (SSSR count). The van der Waals surface area contributed by atoms with E-state index in [1.165, 1.54) is 0 Å². The number of halogens is 1. The lowest BCUT2D eigenvalue weighted by Crippen LogP contribution is -2.31. The van der Waals surface area contributed by atoms with E-state index in [0.717, 1.165) is 34.6 Å². The summed E-state index contributed by atoms with van der Waals surface area (Å²) in [6, 6.07) is 15.2.